The van der Waals surface area contributed by atoms with Crippen LogP contribution < -0.4 is 16.0 Å². The highest BCUT2D eigenvalue weighted by Gasteiger charge is 2.17. The Balaban J connectivity index is -0.000000487. The number of nitrogens with two attached hydrogens (primary N) is 1. The number of para-hydroxylation sites is 1. The van der Waals surface area contributed by atoms with Crippen LogP contribution in [-0.4, -0.2) is 42.1 Å². The van der Waals surface area contributed by atoms with Crippen molar-refractivity contribution in [1.29, 1.82) is 0 Å². The van der Waals surface area contributed by atoms with Gasteiger partial charge < -0.3 is 21.4 Å². The summed E-state index contributed by atoms with van der Waals surface area (Å²) in [5.74, 6) is 2.73. The molecule has 0 saturated heterocycles. The second-order valence-corrected chi connectivity index (χ2v) is 9.42. The fourth-order valence-electron chi connectivity index (χ4n) is 4.21. The summed E-state index contributed by atoms with van der Waals surface area (Å²) in [5, 5.41) is 4.36. The summed E-state index contributed by atoms with van der Waals surface area (Å²) in [6.07, 6.45) is 9.69. The minimum Gasteiger partial charge on any atom is -0.412 e. The minimum absolute atomic E-state index is 0. The van der Waals surface area contributed by atoms with Gasteiger partial charge in [-0.05, 0) is 75.6 Å². The average molecular weight is 528 g/mol. The van der Waals surface area contributed by atoms with Crippen molar-refractivity contribution in [3.8, 4) is 0 Å². The third kappa shape index (κ3) is 13.7. The van der Waals surface area contributed by atoms with Crippen molar-refractivity contribution in [2.24, 2.45) is 11.7 Å². The van der Waals surface area contributed by atoms with Crippen molar-refractivity contribution >= 4 is 16.7 Å². The van der Waals surface area contributed by atoms with Gasteiger partial charge >= 0.3 is 0 Å². The lowest BCUT2D eigenvalue weighted by Crippen LogP contribution is -2.26. The maximum absolute atomic E-state index is 5.81. The third-order valence-electron chi connectivity index (χ3n) is 6.21. The van der Waals surface area contributed by atoms with Crippen LogP contribution in [0, 0.1) is 12.8 Å². The van der Waals surface area contributed by atoms with Crippen LogP contribution in [0.2, 0.25) is 0 Å². The highest BCUT2D eigenvalue weighted by molar-refractivity contribution is 5.89. The zero-order chi connectivity index (χ0) is 27.5. The number of aryl methyl sites for hydroxylation is 1. The Labute approximate surface area is 235 Å². The van der Waals surface area contributed by atoms with Crippen LogP contribution in [-0.2, 0) is 6.54 Å². The minimum atomic E-state index is 0. The van der Waals surface area contributed by atoms with E-state index in [-0.39, 0.29) is 8.33 Å². The maximum atomic E-state index is 5.81. The van der Waals surface area contributed by atoms with Crippen LogP contribution in [0.5, 0.6) is 0 Å². The molecule has 216 valence electrons. The van der Waals surface area contributed by atoms with E-state index in [0.29, 0.717) is 6.04 Å². The highest BCUT2D eigenvalue weighted by atomic mass is 16.0. The first-order valence-electron chi connectivity index (χ1n) is 14.0. The van der Waals surface area contributed by atoms with E-state index >= 15 is 0 Å². The topological polar surface area (TPSA) is 98.6 Å². The van der Waals surface area contributed by atoms with Crippen molar-refractivity contribution in [1.82, 2.24) is 15.3 Å². The molecule has 3 aromatic rings. The molecule has 4 rings (SSSR count). The number of benzene rings is 2. The Hall–Kier alpha value is -2.80. The van der Waals surface area contributed by atoms with Gasteiger partial charge in [0.05, 0.1) is 5.52 Å². The van der Waals surface area contributed by atoms with Crippen LogP contribution in [0.4, 0.5) is 5.82 Å². The normalized spacial score (nSPS) is 15.8. The summed E-state index contributed by atoms with van der Waals surface area (Å²) < 4.78 is 0. The number of nitrogens with one attached hydrogen (secondary N) is 1. The zero-order valence-corrected chi connectivity index (χ0v) is 24.7. The molecule has 1 saturated carbocycles. The van der Waals surface area contributed by atoms with Crippen molar-refractivity contribution in [3.63, 3.8) is 0 Å². The largest absolute Gasteiger partial charge is 0.412 e. The number of nitrogens with zero attached hydrogens (tertiary/aromatic N) is 3. The smallest absolute Gasteiger partial charge is 0.139 e. The van der Waals surface area contributed by atoms with Gasteiger partial charge in [0.2, 0.25) is 0 Å². The first-order chi connectivity index (χ1) is 17.9. The van der Waals surface area contributed by atoms with E-state index < -0.39 is 0 Å². The molecule has 5 N–H and O–H groups in total. The zero-order valence-electron chi connectivity index (χ0n) is 24.7. The van der Waals surface area contributed by atoms with E-state index in [0.717, 1.165) is 41.6 Å². The monoisotopic (exact) mass is 527 g/mol. The van der Waals surface area contributed by atoms with Gasteiger partial charge in [0.15, 0.2) is 0 Å². The fraction of sp³-hybridized carbons (Fsp3) is 0.500. The molecule has 0 amide bonds. The predicted molar refractivity (Wildman–Crippen MR) is 171 cm³/mol. The molecule has 6 nitrogen and oxygen atoms in total. The van der Waals surface area contributed by atoms with Gasteiger partial charge in [-0.1, -0.05) is 69.3 Å². The van der Waals surface area contributed by atoms with Gasteiger partial charge in [0.25, 0.3) is 0 Å². The molecule has 38 heavy (non-hydrogen) atoms. The molecule has 0 atom stereocenters. The van der Waals surface area contributed by atoms with Gasteiger partial charge in [-0.3, -0.25) is 0 Å². The number of anilines is 1. The summed E-state index contributed by atoms with van der Waals surface area (Å²) in [6.45, 7) is 13.8. The van der Waals surface area contributed by atoms with E-state index in [1.54, 1.807) is 0 Å². The lowest BCUT2D eigenvalue weighted by atomic mass is 9.84. The molecular formula is C32H57N5O. The molecule has 2 aromatic carbocycles. The number of aromatic nitrogens is 2. The second kappa shape index (κ2) is 21.2. The SMILES string of the molecule is C=CCCC1CCC(N)CC1.CC.CCNCc1ccccc1.Cc1nc(N(C)C)c2ccccc2n1.O.[HH].[HH]. The molecule has 1 heterocycles. The van der Waals surface area contributed by atoms with E-state index in [9.17, 15) is 0 Å². The van der Waals surface area contributed by atoms with Crippen molar-refractivity contribution in [3.05, 3.63) is 78.6 Å². The molecule has 0 radical (unpaired) electrons. The van der Waals surface area contributed by atoms with Crippen LogP contribution in [0.25, 0.3) is 10.9 Å². The predicted octanol–water partition coefficient (Wildman–Crippen LogP) is 6.96. The summed E-state index contributed by atoms with van der Waals surface area (Å²) in [7, 11) is 3.99. The van der Waals surface area contributed by atoms with Gasteiger partial charge in [-0.2, -0.15) is 0 Å². The average Bonchev–Trinajstić information content (AvgIpc) is 2.93. The molecule has 0 spiro atoms. The first kappa shape index (κ1) is 35.2. The summed E-state index contributed by atoms with van der Waals surface area (Å²) >= 11 is 0. The Morgan fingerprint density at radius 2 is 1.61 bits per heavy atom. The van der Waals surface area contributed by atoms with Crippen molar-refractivity contribution in [2.75, 3.05) is 25.5 Å². The van der Waals surface area contributed by atoms with Crippen molar-refractivity contribution in [2.45, 2.75) is 78.8 Å². The third-order valence-corrected chi connectivity index (χ3v) is 6.21. The van der Waals surface area contributed by atoms with Crippen LogP contribution in [0.1, 0.15) is 73.5 Å². The van der Waals surface area contributed by atoms with Gasteiger partial charge in [-0.15, -0.1) is 6.58 Å². The number of hydrogen-bond acceptors (Lipinski definition) is 5. The van der Waals surface area contributed by atoms with Gasteiger partial charge in [-0.25, -0.2) is 9.97 Å². The maximum Gasteiger partial charge on any atom is 0.139 e. The molecule has 1 aliphatic rings. The van der Waals surface area contributed by atoms with Crippen molar-refractivity contribution < 1.29 is 8.33 Å². The Morgan fingerprint density at radius 1 is 1.00 bits per heavy atom. The molecule has 1 aromatic heterocycles. The fourth-order valence-corrected chi connectivity index (χ4v) is 4.21. The first-order valence-corrected chi connectivity index (χ1v) is 14.0. The number of fused-ring (bicyclic) bond motifs is 1. The van der Waals surface area contributed by atoms with Crippen LogP contribution in [0.15, 0.2) is 67.3 Å². The lowest BCUT2D eigenvalue weighted by Gasteiger charge is -2.25. The molecule has 0 aliphatic heterocycles. The highest BCUT2D eigenvalue weighted by Crippen LogP contribution is 2.26. The summed E-state index contributed by atoms with van der Waals surface area (Å²) in [4.78, 5) is 10.8. The molecule has 6 heteroatoms. The Kier molecular flexibility index (Phi) is 19.6. The molecule has 1 aliphatic carbocycles. The van der Waals surface area contributed by atoms with Crippen LogP contribution >= 0.6 is 0 Å². The van der Waals surface area contributed by atoms with E-state index in [2.05, 4.69) is 53.1 Å². The van der Waals surface area contributed by atoms with E-state index in [1.807, 2.05) is 76.2 Å². The second-order valence-electron chi connectivity index (χ2n) is 9.42. The van der Waals surface area contributed by atoms with Crippen LogP contribution in [0.3, 0.4) is 0 Å². The number of rotatable bonds is 7. The quantitative estimate of drug-likeness (QED) is 0.323. The Morgan fingerprint density at radius 3 is 2.18 bits per heavy atom. The number of hydrogen-bond donors (Lipinski definition) is 2. The molecule has 0 bridgehead atoms. The standard InChI is InChI=1S/C11H13N3.C10H19N.C9H13N.C2H6.H2O.2H2/c1-8-12-10-7-5-4-6-9(10)11(13-8)14(2)3;1-2-3-4-9-5-7-10(11)8-6-9;1-2-10-8-9-6-4-3-5-7-9;1-2;;;/h4-7H,1-3H3;2,9-10H,1,3-8,11H2;3-7,10H,2,8H2,1H3;1-2H3;1H2;2*1H. The molecule has 1 fully saturated rings. The number of allylic oxidation sites excluding steroid dienone is 1. The van der Waals surface area contributed by atoms with Gasteiger partial charge in [0.1, 0.15) is 11.6 Å². The summed E-state index contributed by atoms with van der Waals surface area (Å²) in [5.41, 5.74) is 8.16. The van der Waals surface area contributed by atoms with E-state index in [4.69, 9.17) is 5.73 Å². The summed E-state index contributed by atoms with van der Waals surface area (Å²) in [6, 6.07) is 19.0. The van der Waals surface area contributed by atoms with E-state index in [1.165, 1.54) is 44.1 Å². The lowest BCUT2D eigenvalue weighted by molar-refractivity contribution is 0.312. The van der Waals surface area contributed by atoms with Gasteiger partial charge in [0, 0.05) is 34.9 Å². The molecular weight excluding hydrogens is 470 g/mol. The molecule has 0 unspecified atom stereocenters. The Bertz CT molecular complexity index is 997.